The second-order valence-electron chi connectivity index (χ2n) is 32.4. The van der Waals surface area contributed by atoms with Crippen LogP contribution < -0.4 is 21.3 Å². The molecule has 0 radical (unpaired) electrons. The number of carboxylic acids is 1. The molecule has 0 aromatic carbocycles. The van der Waals surface area contributed by atoms with E-state index in [1.54, 1.807) is 0 Å². The number of aliphatic hydroxyl groups is 28. The van der Waals surface area contributed by atoms with Gasteiger partial charge in [0.15, 0.2) is 56.6 Å². The second-order valence-corrected chi connectivity index (χ2v) is 32.4. The molecule has 4 amide bonds. The Kier molecular flexibility index (Phi) is 37.4. The van der Waals surface area contributed by atoms with Crippen LogP contribution in [-0.2, 0) is 114 Å². The van der Waals surface area contributed by atoms with Crippen molar-refractivity contribution in [3.63, 3.8) is 0 Å². The predicted molar refractivity (Wildman–Crippen MR) is 392 cm³/mol. The van der Waals surface area contributed by atoms with Gasteiger partial charge in [0.25, 0.3) is 5.79 Å². The molecule has 0 aliphatic carbocycles. The highest BCUT2D eigenvalue weighted by Gasteiger charge is 2.64. The first-order chi connectivity index (χ1) is 60.4. The molecule has 33 N–H and O–H groups in total. The van der Waals surface area contributed by atoms with Gasteiger partial charge in [-0.2, -0.15) is 0 Å². The number of carbonyl (C=O) groups excluding carboxylic acids is 4. The summed E-state index contributed by atoms with van der Waals surface area (Å²) in [7, 11) is 0. The van der Waals surface area contributed by atoms with Crippen molar-refractivity contribution in [1.82, 2.24) is 21.3 Å². The van der Waals surface area contributed by atoms with Crippen molar-refractivity contribution < 1.29 is 262 Å². The third-order valence-electron chi connectivity index (χ3n) is 23.4. The van der Waals surface area contributed by atoms with Gasteiger partial charge in [-0.3, -0.25) is 19.2 Å². The van der Waals surface area contributed by atoms with Crippen molar-refractivity contribution in [3.8, 4) is 0 Å². The number of carbonyl (C=O) groups is 5. The number of carboxylic acid groups (broad SMARTS) is 1. The highest BCUT2D eigenvalue weighted by molar-refractivity contribution is 5.77. The summed E-state index contributed by atoms with van der Waals surface area (Å²) in [5.74, 6) is -9.58. The van der Waals surface area contributed by atoms with Gasteiger partial charge in [0.1, 0.15) is 232 Å². The molecule has 57 nitrogen and oxygen atoms in total. The van der Waals surface area contributed by atoms with Gasteiger partial charge in [0, 0.05) is 34.1 Å². The number of rotatable bonds is 34. The molecule has 10 rings (SSSR count). The van der Waals surface area contributed by atoms with Gasteiger partial charge < -0.3 is 259 Å². The van der Waals surface area contributed by atoms with E-state index in [0.717, 1.165) is 27.7 Å². The molecule has 0 bridgehead atoms. The van der Waals surface area contributed by atoms with E-state index in [-0.39, 0.29) is 0 Å². The minimum absolute atomic E-state index is 0.838. The van der Waals surface area contributed by atoms with Crippen molar-refractivity contribution in [2.24, 2.45) is 0 Å². The average molecular weight is 1880 g/mol. The first kappa shape index (κ1) is 106. The monoisotopic (exact) mass is 1870 g/mol. The van der Waals surface area contributed by atoms with Crippen molar-refractivity contribution in [1.29, 1.82) is 0 Å². The topological polar surface area (TPSA) is 896 Å². The summed E-state index contributed by atoms with van der Waals surface area (Å²) in [4.78, 5) is 65.8. The van der Waals surface area contributed by atoms with E-state index in [1.807, 2.05) is 0 Å². The SMILES string of the molecule is CC(=O)N[C@H]1[C@H](OC[C@H]2O[C@@H](O[C@H]3[C@H](O)[C@@H](O)C(O)O[C@@H]3CO)[C@H](O)[C@@H](O[C@@H]3O[C@H](CO)[C@@H](O[C@@H]4O[C@@H](C)[C@@H](O)[C@@H](O)[C@@H]4O)[C@H](O[C@@H]4O[C@H](CO)[C@H](O)[C@H](O[C@]5(C(=O)O)C[C@H](O)[C@@H](NC(C)=O)[C@H]([C@H](O)[C@H](O)CO)O5)[C@H]4O)[C@H]3NC(C)=O)[C@H]2O)O[C@H](CO)[C@@H](O[C@@H]2O[C@H](CO)[C@H](O)[C@H](O[C@@H]3O[C@H](CO)[C@@H](O)[C@H](O[C@@H]4O[C@H](CO)[C@H](O)[C@H](O)[C@H]4O)[C@H]3NC(C)=O)[C@H]2O)[C@@H]1O. The molecule has 10 aliphatic rings. The van der Waals surface area contributed by atoms with Crippen LogP contribution in [0.15, 0.2) is 0 Å². The van der Waals surface area contributed by atoms with Gasteiger partial charge in [0.2, 0.25) is 23.6 Å². The van der Waals surface area contributed by atoms with Gasteiger partial charge in [-0.15, -0.1) is 0 Å². The first-order valence-corrected chi connectivity index (χ1v) is 40.6. The third-order valence-corrected chi connectivity index (χ3v) is 23.4. The standard InChI is InChI=1S/C71H118N4O53/c1-16-35(90)43(98)47(102)65(111-16)122-54-29(14-83)118-64(34(75-20(5)87)57(54)124-69-51(106)60(40(95)26(11-80)116-69)128-71(70(108)109)6-21(88)31(72-17(2)84)56(127-71)36(91)22(89)7-76)126-59-41(96)30(119-68(50(59)105)121-53-27(12-81)112-61(107)46(101)45(53)100)15-110-62-32(73-18(3)85)42(97)52(28(13-82)117-62)120-67-49(104)58(39(94)25(10-79)115-67)125-63-33(74-19(4)86)55(38(93)24(9-78)113-63)123-66-48(103)44(99)37(92)23(8-77)114-66/h16,21-69,76-83,88-107H,6-15H2,1-5H3,(H,72,84)(H,73,85)(H,74,86)(H,75,87)(H,108,109)/t16-,21-,22+,23+,24+,25+,26+,27+,28+,29+,30+,31+,32+,33+,34+,35+,36+,37-,38+,39-,40-,41-,42+,43+,44-,45+,46+,47-,48+,49+,50+,51+,52+,53+,54+,55+,56+,57+,58-,59-,60-,61?,62+,63-,64-,65-,66-,67-,68-,69-,71-/m0/s1. The maximum Gasteiger partial charge on any atom is 0.364 e. The molecule has 51 atom stereocenters. The van der Waals surface area contributed by atoms with Crippen LogP contribution in [0, 0.1) is 0 Å². The molecule has 740 valence electrons. The highest BCUT2D eigenvalue weighted by atomic mass is 16.8. The molecule has 0 spiro atoms. The zero-order valence-corrected chi connectivity index (χ0v) is 68.7. The molecular formula is C71H118N4O53. The average Bonchev–Trinajstić information content (AvgIpc) is 0.744. The fourth-order valence-corrected chi connectivity index (χ4v) is 16.6. The van der Waals surface area contributed by atoms with Crippen LogP contribution in [0.2, 0.25) is 0 Å². The summed E-state index contributed by atoms with van der Waals surface area (Å²) >= 11 is 0. The molecule has 0 aromatic rings. The second kappa shape index (κ2) is 45.4. The van der Waals surface area contributed by atoms with Gasteiger partial charge >= 0.3 is 5.97 Å². The van der Waals surface area contributed by atoms with Crippen LogP contribution in [0.3, 0.4) is 0 Å². The quantitative estimate of drug-likeness (QED) is 0.0284. The van der Waals surface area contributed by atoms with Crippen LogP contribution >= 0.6 is 0 Å². The fourth-order valence-electron chi connectivity index (χ4n) is 16.6. The van der Waals surface area contributed by atoms with Gasteiger partial charge in [0.05, 0.1) is 77.7 Å². The lowest BCUT2D eigenvalue weighted by molar-refractivity contribution is -0.400. The number of ether oxygens (including phenoxy) is 19. The van der Waals surface area contributed by atoms with E-state index in [2.05, 4.69) is 21.3 Å². The van der Waals surface area contributed by atoms with Crippen LogP contribution in [-0.4, -0.2) is 550 Å². The Morgan fingerprint density at radius 3 is 1.18 bits per heavy atom. The molecule has 128 heavy (non-hydrogen) atoms. The number of hydrogen-bond acceptors (Lipinski definition) is 52. The number of amides is 4. The number of nitrogens with one attached hydrogen (secondary N) is 4. The Labute approximate surface area is 723 Å². The van der Waals surface area contributed by atoms with Gasteiger partial charge in [-0.05, 0) is 6.92 Å². The summed E-state index contributed by atoms with van der Waals surface area (Å²) < 4.78 is 113. The Morgan fingerprint density at radius 2 is 0.688 bits per heavy atom. The Morgan fingerprint density at radius 1 is 0.336 bits per heavy atom. The Bertz CT molecular complexity index is 3530. The van der Waals surface area contributed by atoms with E-state index in [0.29, 0.717) is 0 Å². The largest absolute Gasteiger partial charge is 0.477 e. The van der Waals surface area contributed by atoms with Crippen molar-refractivity contribution in [2.75, 3.05) is 59.5 Å². The molecular weight excluding hydrogens is 1760 g/mol. The van der Waals surface area contributed by atoms with Crippen LogP contribution in [0.4, 0.5) is 0 Å². The normalized spacial score (nSPS) is 48.4. The van der Waals surface area contributed by atoms with Crippen LogP contribution in [0.5, 0.6) is 0 Å². The van der Waals surface area contributed by atoms with Crippen molar-refractivity contribution in [2.45, 2.75) is 353 Å². The van der Waals surface area contributed by atoms with E-state index in [1.165, 1.54) is 6.92 Å². The number of aliphatic hydroxyl groups excluding tert-OH is 28. The fraction of sp³-hybridized carbons (Fsp3) is 0.930. The molecule has 0 aromatic heterocycles. The maximum absolute atomic E-state index is 13.8. The lowest BCUT2D eigenvalue weighted by Crippen LogP contribution is -2.72. The lowest BCUT2D eigenvalue weighted by Gasteiger charge is -2.52. The van der Waals surface area contributed by atoms with Gasteiger partial charge in [-0.25, -0.2) is 4.79 Å². The summed E-state index contributed by atoms with van der Waals surface area (Å²) in [5, 5.41) is 333. The van der Waals surface area contributed by atoms with Gasteiger partial charge in [-0.1, -0.05) is 0 Å². The molecule has 57 heteroatoms. The smallest absolute Gasteiger partial charge is 0.364 e. The van der Waals surface area contributed by atoms with Crippen LogP contribution in [0.25, 0.3) is 0 Å². The Balaban J connectivity index is 0.962. The van der Waals surface area contributed by atoms with E-state index < -0.39 is 408 Å². The zero-order chi connectivity index (χ0) is 94.6. The Hall–Kier alpha value is -4.53. The van der Waals surface area contributed by atoms with Crippen molar-refractivity contribution >= 4 is 29.6 Å². The molecule has 10 fully saturated rings. The third kappa shape index (κ3) is 22.9. The summed E-state index contributed by atoms with van der Waals surface area (Å²) in [6.07, 6.45) is -101. The zero-order valence-electron chi connectivity index (χ0n) is 68.7. The molecule has 1 unspecified atom stereocenters. The summed E-state index contributed by atoms with van der Waals surface area (Å²) in [6, 6.07) is -7.89. The van der Waals surface area contributed by atoms with E-state index in [9.17, 15) is 172 Å². The van der Waals surface area contributed by atoms with E-state index >= 15 is 0 Å². The molecule has 10 heterocycles. The first-order valence-electron chi connectivity index (χ1n) is 40.6. The number of hydrogen-bond donors (Lipinski definition) is 33. The van der Waals surface area contributed by atoms with Crippen LogP contribution in [0.1, 0.15) is 41.0 Å². The summed E-state index contributed by atoms with van der Waals surface area (Å²) in [6.45, 7) is -5.85. The van der Waals surface area contributed by atoms with Crippen molar-refractivity contribution in [3.05, 3.63) is 0 Å². The van der Waals surface area contributed by atoms with E-state index in [4.69, 9.17) is 90.0 Å². The predicted octanol–water partition coefficient (Wildman–Crippen LogP) is -22.0. The maximum atomic E-state index is 13.8. The molecule has 10 aliphatic heterocycles. The lowest BCUT2D eigenvalue weighted by atomic mass is 9.88. The minimum Gasteiger partial charge on any atom is -0.477 e. The molecule has 0 saturated carbocycles. The highest BCUT2D eigenvalue weighted by Crippen LogP contribution is 2.43. The number of aliphatic carboxylic acids is 1. The minimum atomic E-state index is -3.41. The molecule has 10 saturated heterocycles. The summed E-state index contributed by atoms with van der Waals surface area (Å²) in [5.41, 5.74) is 0.